The van der Waals surface area contributed by atoms with Crippen molar-refractivity contribution in [2.75, 3.05) is 18.9 Å². The van der Waals surface area contributed by atoms with Crippen molar-refractivity contribution in [2.45, 2.75) is 25.0 Å². The summed E-state index contributed by atoms with van der Waals surface area (Å²) in [5.74, 6) is -2.23. The molecule has 14 heteroatoms. The molecule has 0 fully saturated rings. The molecule has 3 aromatic heterocycles. The van der Waals surface area contributed by atoms with Crippen LogP contribution in [-0.2, 0) is 10.0 Å². The molecular formula is C23H23F2N7O4S. The molecule has 0 saturated carbocycles. The van der Waals surface area contributed by atoms with Gasteiger partial charge in [0.25, 0.3) is 0 Å². The maximum Gasteiger partial charge on any atom is 0.243 e. The Kier molecular flexibility index (Phi) is 7.29. The van der Waals surface area contributed by atoms with Crippen LogP contribution >= 0.6 is 0 Å². The lowest BCUT2D eigenvalue weighted by atomic mass is 10.1. The topological polar surface area (TPSA) is 134 Å². The number of hydrogen-bond donors (Lipinski definition) is 1. The highest BCUT2D eigenvalue weighted by atomic mass is 32.2. The Bertz CT molecular complexity index is 1490. The highest BCUT2D eigenvalue weighted by Crippen LogP contribution is 2.30. The van der Waals surface area contributed by atoms with E-state index in [4.69, 9.17) is 9.47 Å². The summed E-state index contributed by atoms with van der Waals surface area (Å²) in [4.78, 5) is 12.6. The van der Waals surface area contributed by atoms with Crippen LogP contribution in [-0.4, -0.2) is 57.6 Å². The van der Waals surface area contributed by atoms with Gasteiger partial charge in [0.15, 0.2) is 11.6 Å². The molecule has 0 amide bonds. The molecule has 0 aliphatic rings. The number of hydrogen-bond acceptors (Lipinski definition) is 9. The van der Waals surface area contributed by atoms with Crippen LogP contribution in [0.15, 0.2) is 48.8 Å². The molecule has 0 saturated heterocycles. The number of ether oxygens (including phenoxy) is 2. The second kappa shape index (κ2) is 10.4. The third kappa shape index (κ3) is 5.18. The SMILES string of the molecule is COc1cnc([C@@H](C)[C@H](C)S(=O)(=O)Nc2nnc(-c3cccc(OC)n3)n2-c2c(F)cccc2F)nc1. The van der Waals surface area contributed by atoms with E-state index in [1.165, 1.54) is 45.7 Å². The van der Waals surface area contributed by atoms with Crippen LogP contribution in [0.1, 0.15) is 25.6 Å². The maximum absolute atomic E-state index is 14.9. The van der Waals surface area contributed by atoms with E-state index in [1.807, 2.05) is 0 Å². The molecule has 4 rings (SSSR count). The zero-order valence-corrected chi connectivity index (χ0v) is 21.1. The van der Waals surface area contributed by atoms with Crippen LogP contribution in [0.3, 0.4) is 0 Å². The lowest BCUT2D eigenvalue weighted by Gasteiger charge is -2.20. The molecule has 0 bridgehead atoms. The first-order chi connectivity index (χ1) is 17.7. The van der Waals surface area contributed by atoms with Crippen LogP contribution in [0.4, 0.5) is 14.7 Å². The summed E-state index contributed by atoms with van der Waals surface area (Å²) in [6, 6.07) is 7.94. The zero-order chi connectivity index (χ0) is 26.7. The van der Waals surface area contributed by atoms with Gasteiger partial charge >= 0.3 is 0 Å². The number of pyridine rings is 1. The number of halogens is 2. The number of rotatable bonds is 9. The average molecular weight is 532 g/mol. The first kappa shape index (κ1) is 25.9. The molecule has 0 spiro atoms. The smallest absolute Gasteiger partial charge is 0.243 e. The van der Waals surface area contributed by atoms with Crippen molar-refractivity contribution >= 4 is 16.0 Å². The molecule has 0 aliphatic carbocycles. The summed E-state index contributed by atoms with van der Waals surface area (Å²) in [6.07, 6.45) is 2.85. The molecule has 1 aromatic carbocycles. The summed E-state index contributed by atoms with van der Waals surface area (Å²) in [7, 11) is -1.32. The van der Waals surface area contributed by atoms with Crippen molar-refractivity contribution in [3.8, 4) is 28.8 Å². The number of sulfonamides is 1. The number of anilines is 1. The standard InChI is InChI=1S/C23H23F2N7O4S/c1-13(21-26-11-15(35-3)12-27-21)14(2)37(33,34)31-23-30-29-22(18-9-6-10-19(28-18)36-4)32(23)20-16(24)7-5-8-17(20)25/h5-14H,1-4H3,(H,30,31)/t13-,14-/m0/s1. The second-order valence-electron chi connectivity index (χ2n) is 7.94. The van der Waals surface area contributed by atoms with Gasteiger partial charge in [-0.15, -0.1) is 10.2 Å². The predicted molar refractivity (Wildman–Crippen MR) is 130 cm³/mol. The highest BCUT2D eigenvalue weighted by Gasteiger charge is 2.32. The van der Waals surface area contributed by atoms with Crippen molar-refractivity contribution in [2.24, 2.45) is 0 Å². The number of nitrogens with one attached hydrogen (secondary N) is 1. The quantitative estimate of drug-likeness (QED) is 0.345. The van der Waals surface area contributed by atoms with Crippen molar-refractivity contribution in [3.05, 3.63) is 66.3 Å². The largest absolute Gasteiger partial charge is 0.494 e. The van der Waals surface area contributed by atoms with E-state index >= 15 is 0 Å². The fraction of sp³-hybridized carbons (Fsp3) is 0.261. The Hall–Kier alpha value is -4.20. The number of aromatic nitrogens is 6. The summed E-state index contributed by atoms with van der Waals surface area (Å²) < 4.78 is 69.8. The normalized spacial score (nSPS) is 13.1. The highest BCUT2D eigenvalue weighted by molar-refractivity contribution is 7.93. The maximum atomic E-state index is 14.9. The summed E-state index contributed by atoms with van der Waals surface area (Å²) in [5.41, 5.74) is -0.433. The molecule has 37 heavy (non-hydrogen) atoms. The summed E-state index contributed by atoms with van der Waals surface area (Å²) in [6.45, 7) is 3.09. The molecular weight excluding hydrogens is 508 g/mol. The average Bonchev–Trinajstić information content (AvgIpc) is 3.30. The van der Waals surface area contributed by atoms with Crippen molar-refractivity contribution in [1.29, 1.82) is 0 Å². The van der Waals surface area contributed by atoms with Crippen molar-refractivity contribution in [3.63, 3.8) is 0 Å². The Balaban J connectivity index is 1.77. The first-order valence-corrected chi connectivity index (χ1v) is 12.5. The Morgan fingerprint density at radius 2 is 1.59 bits per heavy atom. The minimum atomic E-state index is -4.19. The molecule has 0 aliphatic heterocycles. The molecule has 1 N–H and O–H groups in total. The zero-order valence-electron chi connectivity index (χ0n) is 20.3. The van der Waals surface area contributed by atoms with Crippen LogP contribution in [0.2, 0.25) is 0 Å². The van der Waals surface area contributed by atoms with Crippen molar-refractivity contribution < 1.29 is 26.7 Å². The van der Waals surface area contributed by atoms with Crippen molar-refractivity contribution in [1.82, 2.24) is 29.7 Å². The Labute approximate surface area is 211 Å². The van der Waals surface area contributed by atoms with Gasteiger partial charge in [-0.2, -0.15) is 0 Å². The molecule has 194 valence electrons. The minimum Gasteiger partial charge on any atom is -0.494 e. The monoisotopic (exact) mass is 531 g/mol. The predicted octanol–water partition coefficient (Wildman–Crippen LogP) is 3.35. The fourth-order valence-electron chi connectivity index (χ4n) is 3.45. The van der Waals surface area contributed by atoms with E-state index in [1.54, 1.807) is 19.1 Å². The van der Waals surface area contributed by atoms with Gasteiger partial charge in [0.05, 0.1) is 31.9 Å². The fourth-order valence-corrected chi connectivity index (χ4v) is 4.68. The number of benzene rings is 1. The van der Waals surface area contributed by atoms with Gasteiger partial charge in [-0.25, -0.2) is 32.2 Å². The Morgan fingerprint density at radius 1 is 0.946 bits per heavy atom. The molecule has 0 radical (unpaired) electrons. The molecule has 2 atom stereocenters. The molecule has 0 unspecified atom stereocenters. The van der Waals surface area contributed by atoms with Gasteiger partial charge < -0.3 is 9.47 Å². The van der Waals surface area contributed by atoms with E-state index in [9.17, 15) is 17.2 Å². The minimum absolute atomic E-state index is 0.111. The van der Waals surface area contributed by atoms with E-state index in [0.29, 0.717) is 5.75 Å². The summed E-state index contributed by atoms with van der Waals surface area (Å²) in [5, 5.41) is 6.80. The number of methoxy groups -OCH3 is 2. The second-order valence-corrected chi connectivity index (χ2v) is 9.98. The van der Waals surface area contributed by atoms with Gasteiger partial charge in [-0.1, -0.05) is 19.1 Å². The Morgan fingerprint density at radius 3 is 2.22 bits per heavy atom. The number of para-hydroxylation sites is 1. The third-order valence-corrected chi connectivity index (χ3v) is 7.56. The van der Waals surface area contributed by atoms with Crippen LogP contribution in [0, 0.1) is 11.6 Å². The van der Waals surface area contributed by atoms with E-state index in [0.717, 1.165) is 16.7 Å². The molecule has 4 aromatic rings. The van der Waals surface area contributed by atoms with Gasteiger partial charge in [-0.3, -0.25) is 9.29 Å². The lowest BCUT2D eigenvalue weighted by Crippen LogP contribution is -2.31. The van der Waals surface area contributed by atoms with E-state index < -0.39 is 44.5 Å². The van der Waals surface area contributed by atoms with E-state index in [-0.39, 0.29) is 23.2 Å². The van der Waals surface area contributed by atoms with Gasteiger partial charge in [0, 0.05) is 12.0 Å². The number of nitrogens with zero attached hydrogens (tertiary/aromatic N) is 6. The van der Waals surface area contributed by atoms with Gasteiger partial charge in [-0.05, 0) is 25.1 Å². The van der Waals surface area contributed by atoms with Crippen LogP contribution < -0.4 is 14.2 Å². The molecule has 11 nitrogen and oxygen atoms in total. The first-order valence-electron chi connectivity index (χ1n) is 10.9. The third-order valence-electron chi connectivity index (χ3n) is 5.70. The van der Waals surface area contributed by atoms with Crippen LogP contribution in [0.25, 0.3) is 17.2 Å². The lowest BCUT2D eigenvalue weighted by molar-refractivity contribution is 0.398. The molecule has 3 heterocycles. The van der Waals surface area contributed by atoms with E-state index in [2.05, 4.69) is 29.9 Å². The van der Waals surface area contributed by atoms with Gasteiger partial charge in [0.1, 0.15) is 28.8 Å². The van der Waals surface area contributed by atoms with Gasteiger partial charge in [0.2, 0.25) is 21.9 Å². The summed E-state index contributed by atoms with van der Waals surface area (Å²) >= 11 is 0. The van der Waals surface area contributed by atoms with Crippen LogP contribution in [0.5, 0.6) is 11.6 Å².